The number of amides is 1. The molecule has 7 heteroatoms. The van der Waals surface area contributed by atoms with E-state index in [4.69, 9.17) is 4.74 Å². The smallest absolute Gasteiger partial charge is 0.300 e. The summed E-state index contributed by atoms with van der Waals surface area (Å²) in [6.07, 6.45) is 0. The van der Waals surface area contributed by atoms with Gasteiger partial charge in [-0.15, -0.1) is 11.3 Å². The summed E-state index contributed by atoms with van der Waals surface area (Å²) in [5, 5.41) is 13.1. The molecule has 0 saturated carbocycles. The number of aliphatic hydroxyl groups excluding tert-OH is 1. The maximum absolute atomic E-state index is 13.2. The number of hydrogen-bond acceptors (Lipinski definition) is 5. The summed E-state index contributed by atoms with van der Waals surface area (Å²) < 4.78 is 6.20. The molecule has 1 N–H and O–H groups in total. The number of ketones is 1. The molecule has 4 rings (SSSR count). The second-order valence-corrected chi connectivity index (χ2v) is 9.10. The lowest BCUT2D eigenvalue weighted by Gasteiger charge is -2.25. The van der Waals surface area contributed by atoms with E-state index in [0.29, 0.717) is 17.0 Å². The molecule has 31 heavy (non-hydrogen) atoms. The molecule has 0 spiro atoms. The van der Waals surface area contributed by atoms with E-state index in [-0.39, 0.29) is 11.3 Å². The molecule has 1 saturated heterocycles. The van der Waals surface area contributed by atoms with Crippen molar-refractivity contribution in [1.82, 2.24) is 0 Å². The van der Waals surface area contributed by atoms with Crippen LogP contribution >= 0.6 is 27.3 Å². The number of aryl methyl sites for hydroxylation is 2. The first kappa shape index (κ1) is 21.3. The Kier molecular flexibility index (Phi) is 5.73. The number of benzene rings is 2. The molecule has 2 heterocycles. The number of Topliss-reactive ketones (excluding diaryl/α,β-unsaturated/α-hetero) is 1. The summed E-state index contributed by atoms with van der Waals surface area (Å²) >= 11 is 4.90. The Morgan fingerprint density at radius 3 is 2.52 bits per heavy atom. The van der Waals surface area contributed by atoms with Crippen LogP contribution < -0.4 is 9.64 Å². The number of thiophene rings is 1. The standard InChI is InChI=1S/C24H20BrNO4S/c1-13-9-10-31-23(13)20-19(21(27)15-7-8-18(25)14(2)11-15)22(28)24(29)26(20)16-5-4-6-17(12-16)30-3/h4-12,20,27H,1-3H3/b21-19-. The Bertz CT molecular complexity index is 1230. The van der Waals surface area contributed by atoms with Crippen LogP contribution in [0.5, 0.6) is 5.75 Å². The maximum atomic E-state index is 13.2. The van der Waals surface area contributed by atoms with Crippen LogP contribution in [0, 0.1) is 13.8 Å². The van der Waals surface area contributed by atoms with Gasteiger partial charge in [0.05, 0.1) is 12.7 Å². The number of aliphatic hydroxyl groups is 1. The minimum absolute atomic E-state index is 0.0834. The average molecular weight is 498 g/mol. The molecule has 1 fully saturated rings. The lowest BCUT2D eigenvalue weighted by molar-refractivity contribution is -0.132. The fraction of sp³-hybridized carbons (Fsp3) is 0.167. The van der Waals surface area contributed by atoms with E-state index >= 15 is 0 Å². The zero-order chi connectivity index (χ0) is 22.3. The van der Waals surface area contributed by atoms with Crippen molar-refractivity contribution in [3.05, 3.63) is 85.5 Å². The van der Waals surface area contributed by atoms with Crippen LogP contribution in [0.1, 0.15) is 27.6 Å². The minimum atomic E-state index is -0.726. The van der Waals surface area contributed by atoms with Crippen LogP contribution in [0.25, 0.3) is 5.76 Å². The number of rotatable bonds is 4. The summed E-state index contributed by atoms with van der Waals surface area (Å²) in [5.74, 6) is -0.998. The predicted molar refractivity (Wildman–Crippen MR) is 126 cm³/mol. The van der Waals surface area contributed by atoms with Gasteiger partial charge in [-0.2, -0.15) is 0 Å². The fourth-order valence-corrected chi connectivity index (χ4v) is 4.99. The summed E-state index contributed by atoms with van der Waals surface area (Å²) in [4.78, 5) is 28.6. The van der Waals surface area contributed by atoms with Crippen LogP contribution in [0.4, 0.5) is 5.69 Å². The number of hydrogen-bond donors (Lipinski definition) is 1. The number of anilines is 1. The highest BCUT2D eigenvalue weighted by atomic mass is 79.9. The molecular formula is C24H20BrNO4S. The van der Waals surface area contributed by atoms with Gasteiger partial charge < -0.3 is 9.84 Å². The number of methoxy groups -OCH3 is 1. The first-order chi connectivity index (χ1) is 14.8. The van der Waals surface area contributed by atoms with E-state index in [1.54, 1.807) is 43.5 Å². The first-order valence-electron chi connectivity index (χ1n) is 9.59. The number of halogens is 1. The van der Waals surface area contributed by atoms with E-state index in [0.717, 1.165) is 20.5 Å². The van der Waals surface area contributed by atoms with E-state index in [2.05, 4.69) is 15.9 Å². The lowest BCUT2D eigenvalue weighted by Crippen LogP contribution is -2.29. The second kappa shape index (κ2) is 8.32. The van der Waals surface area contributed by atoms with Gasteiger partial charge in [0.2, 0.25) is 0 Å². The van der Waals surface area contributed by atoms with Crippen molar-refractivity contribution >= 4 is 50.4 Å². The molecule has 5 nitrogen and oxygen atoms in total. The van der Waals surface area contributed by atoms with Crippen molar-refractivity contribution in [3.63, 3.8) is 0 Å². The number of nitrogens with zero attached hydrogens (tertiary/aromatic N) is 1. The third-order valence-corrected chi connectivity index (χ3v) is 7.32. The third-order valence-electron chi connectivity index (χ3n) is 5.36. The Morgan fingerprint density at radius 1 is 1.10 bits per heavy atom. The molecule has 0 bridgehead atoms. The molecule has 158 valence electrons. The molecule has 0 aliphatic carbocycles. The second-order valence-electron chi connectivity index (χ2n) is 7.30. The van der Waals surface area contributed by atoms with Crippen molar-refractivity contribution in [2.75, 3.05) is 12.0 Å². The molecule has 0 radical (unpaired) electrons. The Labute approximate surface area is 192 Å². The molecule has 1 aliphatic rings. The van der Waals surface area contributed by atoms with Crippen LogP contribution in [-0.4, -0.2) is 23.9 Å². The third kappa shape index (κ3) is 3.68. The molecule has 2 aromatic carbocycles. The van der Waals surface area contributed by atoms with Crippen LogP contribution in [0.15, 0.2) is 64.0 Å². The van der Waals surface area contributed by atoms with E-state index in [1.807, 2.05) is 31.4 Å². The van der Waals surface area contributed by atoms with E-state index < -0.39 is 17.7 Å². The normalized spacial score (nSPS) is 17.9. The van der Waals surface area contributed by atoms with Crippen LogP contribution in [0.3, 0.4) is 0 Å². The predicted octanol–water partition coefficient (Wildman–Crippen LogP) is 5.76. The van der Waals surface area contributed by atoms with E-state index in [1.165, 1.54) is 16.2 Å². The number of ether oxygens (including phenoxy) is 1. The molecule has 1 aromatic heterocycles. The van der Waals surface area contributed by atoms with Crippen molar-refractivity contribution < 1.29 is 19.4 Å². The molecule has 1 unspecified atom stereocenters. The van der Waals surface area contributed by atoms with Crippen molar-refractivity contribution in [3.8, 4) is 5.75 Å². The van der Waals surface area contributed by atoms with Gasteiger partial charge in [-0.3, -0.25) is 14.5 Å². The molecular weight excluding hydrogens is 478 g/mol. The number of carbonyl (C=O) groups excluding carboxylic acids is 2. The highest BCUT2D eigenvalue weighted by molar-refractivity contribution is 9.10. The Morgan fingerprint density at radius 2 is 1.87 bits per heavy atom. The quantitative estimate of drug-likeness (QED) is 0.282. The van der Waals surface area contributed by atoms with Crippen molar-refractivity contribution in [1.29, 1.82) is 0 Å². The van der Waals surface area contributed by atoms with E-state index in [9.17, 15) is 14.7 Å². The maximum Gasteiger partial charge on any atom is 0.300 e. The highest BCUT2D eigenvalue weighted by Crippen LogP contribution is 2.45. The van der Waals surface area contributed by atoms with Crippen molar-refractivity contribution in [2.24, 2.45) is 0 Å². The molecule has 1 aliphatic heterocycles. The van der Waals surface area contributed by atoms with Crippen LogP contribution in [0.2, 0.25) is 0 Å². The van der Waals surface area contributed by atoms with Gasteiger partial charge in [-0.25, -0.2) is 0 Å². The minimum Gasteiger partial charge on any atom is -0.507 e. The molecule has 1 amide bonds. The van der Waals surface area contributed by atoms with Gasteiger partial charge in [0.25, 0.3) is 11.7 Å². The van der Waals surface area contributed by atoms with Gasteiger partial charge in [0, 0.05) is 26.7 Å². The summed E-state index contributed by atoms with van der Waals surface area (Å²) in [5.41, 5.74) is 2.96. The van der Waals surface area contributed by atoms with Gasteiger partial charge in [0.15, 0.2) is 0 Å². The average Bonchev–Trinajstić information content (AvgIpc) is 3.30. The monoisotopic (exact) mass is 497 g/mol. The summed E-state index contributed by atoms with van der Waals surface area (Å²) in [6, 6.07) is 13.6. The Balaban J connectivity index is 1.96. The number of carbonyl (C=O) groups is 2. The lowest BCUT2D eigenvalue weighted by atomic mass is 9.97. The van der Waals surface area contributed by atoms with Crippen LogP contribution in [-0.2, 0) is 9.59 Å². The van der Waals surface area contributed by atoms with Gasteiger partial charge >= 0.3 is 0 Å². The molecule has 3 aromatic rings. The first-order valence-corrected chi connectivity index (χ1v) is 11.3. The summed E-state index contributed by atoms with van der Waals surface area (Å²) in [7, 11) is 1.55. The zero-order valence-electron chi connectivity index (χ0n) is 17.2. The van der Waals surface area contributed by atoms with Gasteiger partial charge in [-0.05, 0) is 60.7 Å². The molecule has 1 atom stereocenters. The van der Waals surface area contributed by atoms with Gasteiger partial charge in [-0.1, -0.05) is 28.1 Å². The topological polar surface area (TPSA) is 66.8 Å². The fourth-order valence-electron chi connectivity index (χ4n) is 3.72. The van der Waals surface area contributed by atoms with Gasteiger partial charge in [0.1, 0.15) is 17.6 Å². The SMILES string of the molecule is COc1cccc(N2C(=O)C(=O)/C(=C(\O)c3ccc(Br)c(C)c3)C2c2sccc2C)c1. The Hall–Kier alpha value is -2.90. The largest absolute Gasteiger partial charge is 0.507 e. The van der Waals surface area contributed by atoms with Crippen molar-refractivity contribution in [2.45, 2.75) is 19.9 Å². The highest BCUT2D eigenvalue weighted by Gasteiger charge is 2.48. The zero-order valence-corrected chi connectivity index (χ0v) is 19.6. The summed E-state index contributed by atoms with van der Waals surface area (Å²) in [6.45, 7) is 3.83.